The molecule has 3 atom stereocenters. The maximum absolute atomic E-state index is 5.61. The third kappa shape index (κ3) is 2.08. The Morgan fingerprint density at radius 1 is 1.41 bits per heavy atom. The normalized spacial score (nSPS) is 30.8. The number of nitrogen functional groups attached to an aromatic ring is 1. The van der Waals surface area contributed by atoms with Crippen LogP contribution in [0.2, 0.25) is 0 Å². The first-order valence-electron chi connectivity index (χ1n) is 6.55. The van der Waals surface area contributed by atoms with E-state index in [2.05, 4.69) is 15.3 Å². The minimum atomic E-state index is 0.353. The molecule has 92 valence electrons. The van der Waals surface area contributed by atoms with Crippen LogP contribution in [0, 0.1) is 24.7 Å². The molecule has 1 heterocycles. The number of nitrogens with zero attached hydrogens (tertiary/aromatic N) is 2. The van der Waals surface area contributed by atoms with Crippen LogP contribution in [-0.4, -0.2) is 16.5 Å². The second-order valence-electron chi connectivity index (χ2n) is 5.58. The minimum absolute atomic E-state index is 0.353. The Bertz CT molecular complexity index is 418. The highest BCUT2D eigenvalue weighted by atomic mass is 15.1. The number of rotatable bonds is 3. The van der Waals surface area contributed by atoms with Crippen molar-refractivity contribution in [3.05, 3.63) is 11.8 Å². The molecule has 3 unspecified atom stereocenters. The fraction of sp³-hybridized carbons (Fsp3) is 0.692. The molecule has 0 spiro atoms. The van der Waals surface area contributed by atoms with Gasteiger partial charge in [0.25, 0.3) is 0 Å². The Kier molecular flexibility index (Phi) is 2.65. The molecule has 4 nitrogen and oxygen atoms in total. The maximum Gasteiger partial charge on any atom is 0.221 e. The van der Waals surface area contributed by atoms with Gasteiger partial charge in [0.2, 0.25) is 5.95 Å². The first kappa shape index (κ1) is 10.8. The lowest BCUT2D eigenvalue weighted by Crippen LogP contribution is -2.21. The molecule has 1 aromatic rings. The molecule has 4 heteroatoms. The average Bonchev–Trinajstić information content (AvgIpc) is 2.92. The van der Waals surface area contributed by atoms with Crippen molar-refractivity contribution in [1.82, 2.24) is 9.97 Å². The van der Waals surface area contributed by atoms with E-state index in [0.29, 0.717) is 5.95 Å². The SMILES string of the molecule is Cc1cnc(N)nc1NCC1CC2CCC1C2. The molecule has 0 amide bonds. The van der Waals surface area contributed by atoms with Gasteiger partial charge in [-0.3, -0.25) is 0 Å². The average molecular weight is 232 g/mol. The van der Waals surface area contributed by atoms with Crippen molar-refractivity contribution in [2.45, 2.75) is 32.6 Å². The second kappa shape index (κ2) is 4.17. The van der Waals surface area contributed by atoms with Crippen LogP contribution in [0.25, 0.3) is 0 Å². The summed E-state index contributed by atoms with van der Waals surface area (Å²) in [5.74, 6) is 4.05. The molecular weight excluding hydrogens is 212 g/mol. The number of aromatic nitrogens is 2. The van der Waals surface area contributed by atoms with Crippen molar-refractivity contribution in [1.29, 1.82) is 0 Å². The second-order valence-corrected chi connectivity index (χ2v) is 5.58. The smallest absolute Gasteiger partial charge is 0.221 e. The molecule has 3 rings (SSSR count). The summed E-state index contributed by atoms with van der Waals surface area (Å²) in [5, 5.41) is 3.45. The molecule has 0 radical (unpaired) electrons. The Hall–Kier alpha value is -1.32. The third-order valence-corrected chi connectivity index (χ3v) is 4.41. The molecule has 3 N–H and O–H groups in total. The number of fused-ring (bicyclic) bond motifs is 2. The Balaban J connectivity index is 1.62. The van der Waals surface area contributed by atoms with Crippen molar-refractivity contribution in [2.24, 2.45) is 17.8 Å². The third-order valence-electron chi connectivity index (χ3n) is 4.41. The van der Waals surface area contributed by atoms with Gasteiger partial charge in [0.1, 0.15) is 5.82 Å². The minimum Gasteiger partial charge on any atom is -0.369 e. The highest BCUT2D eigenvalue weighted by Gasteiger charge is 2.39. The Morgan fingerprint density at radius 3 is 3.00 bits per heavy atom. The number of hydrogen-bond acceptors (Lipinski definition) is 4. The van der Waals surface area contributed by atoms with Crippen LogP contribution < -0.4 is 11.1 Å². The number of hydrogen-bond donors (Lipinski definition) is 2. The van der Waals surface area contributed by atoms with Gasteiger partial charge in [0, 0.05) is 18.3 Å². The van der Waals surface area contributed by atoms with E-state index in [-0.39, 0.29) is 0 Å². The zero-order valence-electron chi connectivity index (χ0n) is 10.3. The van der Waals surface area contributed by atoms with Crippen molar-refractivity contribution < 1.29 is 0 Å². The van der Waals surface area contributed by atoms with Gasteiger partial charge >= 0.3 is 0 Å². The molecule has 0 aromatic carbocycles. The number of anilines is 2. The Morgan fingerprint density at radius 2 is 2.29 bits per heavy atom. The van der Waals surface area contributed by atoms with Crippen LogP contribution in [0.5, 0.6) is 0 Å². The number of nitrogens with one attached hydrogen (secondary N) is 1. The summed E-state index contributed by atoms with van der Waals surface area (Å²) in [6.45, 7) is 3.06. The van der Waals surface area contributed by atoms with Crippen molar-refractivity contribution in [3.8, 4) is 0 Å². The summed E-state index contributed by atoms with van der Waals surface area (Å²) in [6, 6.07) is 0. The van der Waals surface area contributed by atoms with Crippen LogP contribution in [0.3, 0.4) is 0 Å². The van der Waals surface area contributed by atoms with E-state index in [9.17, 15) is 0 Å². The van der Waals surface area contributed by atoms with E-state index < -0.39 is 0 Å². The Labute approximate surface area is 102 Å². The molecule has 1 aromatic heterocycles. The van der Waals surface area contributed by atoms with Crippen LogP contribution in [0.1, 0.15) is 31.2 Å². The maximum atomic E-state index is 5.61. The van der Waals surface area contributed by atoms with Gasteiger partial charge in [-0.25, -0.2) is 4.98 Å². The van der Waals surface area contributed by atoms with Gasteiger partial charge < -0.3 is 11.1 Å². The van der Waals surface area contributed by atoms with Gasteiger partial charge in [0.15, 0.2) is 0 Å². The summed E-state index contributed by atoms with van der Waals surface area (Å²) in [4.78, 5) is 8.24. The molecule has 2 aliphatic rings. The molecule has 17 heavy (non-hydrogen) atoms. The molecular formula is C13H20N4. The highest BCUT2D eigenvalue weighted by molar-refractivity contribution is 5.45. The zero-order chi connectivity index (χ0) is 11.8. The molecule has 2 fully saturated rings. The van der Waals surface area contributed by atoms with Crippen LogP contribution in [0.15, 0.2) is 6.20 Å². The largest absolute Gasteiger partial charge is 0.369 e. The summed E-state index contributed by atoms with van der Waals surface area (Å²) in [5.41, 5.74) is 6.68. The van der Waals surface area contributed by atoms with Crippen molar-refractivity contribution in [3.63, 3.8) is 0 Å². The van der Waals surface area contributed by atoms with E-state index in [4.69, 9.17) is 5.73 Å². The highest BCUT2D eigenvalue weighted by Crippen LogP contribution is 2.48. The van der Waals surface area contributed by atoms with Crippen molar-refractivity contribution >= 4 is 11.8 Å². The van der Waals surface area contributed by atoms with Gasteiger partial charge in [-0.15, -0.1) is 0 Å². The first-order chi connectivity index (χ1) is 8.22. The number of aryl methyl sites for hydroxylation is 1. The molecule has 0 saturated heterocycles. The molecule has 2 saturated carbocycles. The molecule has 2 aliphatic carbocycles. The quantitative estimate of drug-likeness (QED) is 0.838. The predicted molar refractivity (Wildman–Crippen MR) is 68.6 cm³/mol. The van der Waals surface area contributed by atoms with Gasteiger partial charge in [-0.05, 0) is 43.9 Å². The first-order valence-corrected chi connectivity index (χ1v) is 6.55. The summed E-state index contributed by atoms with van der Waals surface area (Å²) in [7, 11) is 0. The van der Waals surface area contributed by atoms with E-state index >= 15 is 0 Å². The van der Waals surface area contributed by atoms with E-state index in [0.717, 1.165) is 35.7 Å². The summed E-state index contributed by atoms with van der Waals surface area (Å²) < 4.78 is 0. The summed E-state index contributed by atoms with van der Waals surface area (Å²) in [6.07, 6.45) is 7.53. The van der Waals surface area contributed by atoms with E-state index in [1.807, 2.05) is 6.92 Å². The van der Waals surface area contributed by atoms with E-state index in [1.165, 1.54) is 25.7 Å². The van der Waals surface area contributed by atoms with Gasteiger partial charge in [-0.1, -0.05) is 6.42 Å². The number of nitrogens with two attached hydrogens (primary N) is 1. The molecule has 0 aliphatic heterocycles. The lowest BCUT2D eigenvalue weighted by molar-refractivity contribution is 0.348. The summed E-state index contributed by atoms with van der Waals surface area (Å²) >= 11 is 0. The topological polar surface area (TPSA) is 63.8 Å². The zero-order valence-corrected chi connectivity index (χ0v) is 10.3. The van der Waals surface area contributed by atoms with Crippen LogP contribution >= 0.6 is 0 Å². The van der Waals surface area contributed by atoms with Crippen LogP contribution in [-0.2, 0) is 0 Å². The van der Waals surface area contributed by atoms with Gasteiger partial charge in [-0.2, -0.15) is 4.98 Å². The van der Waals surface area contributed by atoms with Crippen LogP contribution in [0.4, 0.5) is 11.8 Å². The lowest BCUT2D eigenvalue weighted by atomic mass is 9.89. The monoisotopic (exact) mass is 232 g/mol. The lowest BCUT2D eigenvalue weighted by Gasteiger charge is -2.22. The molecule has 2 bridgehead atoms. The standard InChI is InChI=1S/C13H20N4/c1-8-6-16-13(14)17-12(8)15-7-11-5-9-2-3-10(11)4-9/h6,9-11H,2-5,7H2,1H3,(H3,14,15,16,17). The van der Waals surface area contributed by atoms with E-state index in [1.54, 1.807) is 6.20 Å². The fourth-order valence-electron chi connectivity index (χ4n) is 3.49. The van der Waals surface area contributed by atoms with Gasteiger partial charge in [0.05, 0.1) is 0 Å². The van der Waals surface area contributed by atoms with Crippen molar-refractivity contribution in [2.75, 3.05) is 17.6 Å². The predicted octanol–water partition coefficient (Wildman–Crippen LogP) is 2.22. The fourth-order valence-corrected chi connectivity index (χ4v) is 3.49.